The first-order valence-electron chi connectivity index (χ1n) is 7.65. The number of aromatic nitrogens is 2. The van der Waals surface area contributed by atoms with Crippen molar-refractivity contribution in [1.29, 1.82) is 0 Å². The fourth-order valence-electron chi connectivity index (χ4n) is 3.81. The number of carbonyl (C=O) groups is 1. The molecule has 1 N–H and O–H groups in total. The van der Waals surface area contributed by atoms with Crippen molar-refractivity contribution in [3.63, 3.8) is 0 Å². The average Bonchev–Trinajstić information content (AvgIpc) is 3.14. The van der Waals surface area contributed by atoms with E-state index in [0.29, 0.717) is 10.9 Å². The molecule has 2 heterocycles. The van der Waals surface area contributed by atoms with Crippen molar-refractivity contribution in [3.05, 3.63) is 42.1 Å². The topological polar surface area (TPSA) is 58.1 Å². The van der Waals surface area contributed by atoms with E-state index in [1.807, 2.05) is 11.0 Å². The normalized spacial score (nSPS) is 22.5. The molecule has 0 bridgehead atoms. The maximum absolute atomic E-state index is 12.5. The van der Waals surface area contributed by atoms with Crippen LogP contribution < -0.4 is 5.32 Å². The van der Waals surface area contributed by atoms with Gasteiger partial charge in [-0.15, -0.1) is 5.10 Å². The van der Waals surface area contributed by atoms with Crippen molar-refractivity contribution in [1.82, 2.24) is 14.5 Å². The number of benzene rings is 1. The van der Waals surface area contributed by atoms with Crippen molar-refractivity contribution < 1.29 is 4.79 Å². The van der Waals surface area contributed by atoms with Crippen molar-refractivity contribution in [2.45, 2.75) is 25.2 Å². The standard InChI is InChI=1S/C16H18N4OS/c21-15(18-14-9-17-19-22-14)20-10-13(12-5-2-1-3-6-12)16(11-20)7-4-8-16/h1-3,5-6,9,13H,4,7-8,10-11H2,(H,18,21). The van der Waals surface area contributed by atoms with Gasteiger partial charge in [-0.1, -0.05) is 41.2 Å². The maximum Gasteiger partial charge on any atom is 0.322 e. The number of urea groups is 1. The van der Waals surface area contributed by atoms with Crippen LogP contribution in [0, 0.1) is 5.41 Å². The number of anilines is 1. The second-order valence-corrected chi connectivity index (χ2v) is 7.06. The summed E-state index contributed by atoms with van der Waals surface area (Å²) in [5.74, 6) is 0.452. The third kappa shape index (κ3) is 2.27. The largest absolute Gasteiger partial charge is 0.323 e. The summed E-state index contributed by atoms with van der Waals surface area (Å²) in [4.78, 5) is 14.4. The summed E-state index contributed by atoms with van der Waals surface area (Å²) >= 11 is 1.21. The number of hydrogen-bond donors (Lipinski definition) is 1. The summed E-state index contributed by atoms with van der Waals surface area (Å²) in [7, 11) is 0. The van der Waals surface area contributed by atoms with Gasteiger partial charge < -0.3 is 4.90 Å². The molecule has 1 saturated heterocycles. The molecule has 1 aliphatic carbocycles. The van der Waals surface area contributed by atoms with Crippen molar-refractivity contribution in [2.24, 2.45) is 5.41 Å². The molecule has 2 aromatic rings. The van der Waals surface area contributed by atoms with Gasteiger partial charge in [-0.05, 0) is 23.8 Å². The molecule has 5 nitrogen and oxygen atoms in total. The third-order valence-electron chi connectivity index (χ3n) is 5.08. The van der Waals surface area contributed by atoms with Gasteiger partial charge in [0.2, 0.25) is 0 Å². The number of nitrogens with zero attached hydrogens (tertiary/aromatic N) is 3. The number of hydrogen-bond acceptors (Lipinski definition) is 4. The second-order valence-electron chi connectivity index (χ2n) is 6.27. The van der Waals surface area contributed by atoms with Gasteiger partial charge in [0.15, 0.2) is 0 Å². The molecule has 1 spiro atoms. The zero-order valence-corrected chi connectivity index (χ0v) is 13.1. The molecule has 114 valence electrons. The lowest BCUT2D eigenvalue weighted by atomic mass is 9.61. The Bertz CT molecular complexity index is 654. The van der Waals surface area contributed by atoms with Gasteiger partial charge in [0.1, 0.15) is 5.00 Å². The van der Waals surface area contributed by atoms with Gasteiger partial charge >= 0.3 is 6.03 Å². The van der Waals surface area contributed by atoms with Gasteiger partial charge in [-0.3, -0.25) is 5.32 Å². The Morgan fingerprint density at radius 2 is 2.14 bits per heavy atom. The van der Waals surface area contributed by atoms with Crippen LogP contribution in [0.4, 0.5) is 9.80 Å². The minimum Gasteiger partial charge on any atom is -0.323 e. The Labute approximate surface area is 133 Å². The molecule has 1 aromatic heterocycles. The highest BCUT2D eigenvalue weighted by atomic mass is 32.1. The van der Waals surface area contributed by atoms with Crippen LogP contribution in [0.3, 0.4) is 0 Å². The Morgan fingerprint density at radius 3 is 2.77 bits per heavy atom. The summed E-state index contributed by atoms with van der Waals surface area (Å²) in [6.07, 6.45) is 5.31. The number of nitrogens with one attached hydrogen (secondary N) is 1. The molecule has 2 amide bonds. The van der Waals surface area contributed by atoms with E-state index in [1.165, 1.54) is 36.4 Å². The van der Waals surface area contributed by atoms with Crippen LogP contribution >= 0.6 is 11.5 Å². The van der Waals surface area contributed by atoms with Crippen molar-refractivity contribution in [2.75, 3.05) is 18.4 Å². The van der Waals surface area contributed by atoms with Crippen LogP contribution in [0.15, 0.2) is 36.5 Å². The molecule has 1 aliphatic heterocycles. The fourth-order valence-corrected chi connectivity index (χ4v) is 4.22. The Kier molecular flexibility index (Phi) is 3.33. The van der Waals surface area contributed by atoms with Crippen LogP contribution in [0.1, 0.15) is 30.7 Å². The first-order chi connectivity index (χ1) is 10.8. The molecule has 4 rings (SSSR count). The summed E-state index contributed by atoms with van der Waals surface area (Å²) in [6.45, 7) is 1.65. The molecular formula is C16H18N4OS. The molecule has 0 radical (unpaired) electrons. The highest BCUT2D eigenvalue weighted by Crippen LogP contribution is 2.55. The number of likely N-dealkylation sites (tertiary alicyclic amines) is 1. The van der Waals surface area contributed by atoms with Crippen LogP contribution in [0.25, 0.3) is 0 Å². The Morgan fingerprint density at radius 1 is 1.32 bits per heavy atom. The summed E-state index contributed by atoms with van der Waals surface area (Å²) in [6, 6.07) is 10.6. The quantitative estimate of drug-likeness (QED) is 0.925. The van der Waals surface area contributed by atoms with Crippen LogP contribution in [0.2, 0.25) is 0 Å². The molecule has 22 heavy (non-hydrogen) atoms. The van der Waals surface area contributed by atoms with E-state index in [-0.39, 0.29) is 11.4 Å². The van der Waals surface area contributed by atoms with Crippen molar-refractivity contribution >= 4 is 22.6 Å². The lowest BCUT2D eigenvalue weighted by molar-refractivity contribution is 0.125. The lowest BCUT2D eigenvalue weighted by Crippen LogP contribution is -2.38. The molecule has 2 aliphatic rings. The van der Waals surface area contributed by atoms with E-state index in [1.54, 1.807) is 6.20 Å². The van der Waals surface area contributed by atoms with Gasteiger partial charge in [0, 0.05) is 30.5 Å². The van der Waals surface area contributed by atoms with Gasteiger partial charge in [0.25, 0.3) is 0 Å². The van der Waals surface area contributed by atoms with Crippen LogP contribution in [-0.2, 0) is 0 Å². The van der Waals surface area contributed by atoms with E-state index in [4.69, 9.17) is 0 Å². The smallest absolute Gasteiger partial charge is 0.322 e. The van der Waals surface area contributed by atoms with Crippen LogP contribution in [0.5, 0.6) is 0 Å². The minimum absolute atomic E-state index is 0.0317. The fraction of sp³-hybridized carbons (Fsp3) is 0.438. The van der Waals surface area contributed by atoms with E-state index < -0.39 is 0 Å². The highest BCUT2D eigenvalue weighted by molar-refractivity contribution is 7.10. The molecule has 1 saturated carbocycles. The second kappa shape index (κ2) is 5.35. The average molecular weight is 314 g/mol. The molecule has 1 aromatic carbocycles. The lowest BCUT2D eigenvalue weighted by Gasteiger charge is -2.42. The summed E-state index contributed by atoms with van der Waals surface area (Å²) < 4.78 is 3.78. The SMILES string of the molecule is O=C(Nc1cnns1)N1CC(c2ccccc2)C2(CCC2)C1. The zero-order chi connectivity index (χ0) is 15.0. The van der Waals surface area contributed by atoms with E-state index in [0.717, 1.165) is 13.1 Å². The maximum atomic E-state index is 12.5. The molecule has 2 fully saturated rings. The molecule has 1 atom stereocenters. The first kappa shape index (κ1) is 13.7. The monoisotopic (exact) mass is 314 g/mol. The van der Waals surface area contributed by atoms with Crippen LogP contribution in [-0.4, -0.2) is 33.6 Å². The van der Waals surface area contributed by atoms with Crippen molar-refractivity contribution in [3.8, 4) is 0 Å². The molecule has 1 unspecified atom stereocenters. The first-order valence-corrected chi connectivity index (χ1v) is 8.42. The van der Waals surface area contributed by atoms with E-state index in [9.17, 15) is 4.79 Å². The van der Waals surface area contributed by atoms with E-state index in [2.05, 4.69) is 39.2 Å². The highest BCUT2D eigenvalue weighted by Gasteiger charge is 2.51. The molecule has 6 heteroatoms. The Balaban J connectivity index is 1.53. The summed E-state index contributed by atoms with van der Waals surface area (Å²) in [5, 5.41) is 7.36. The Hall–Kier alpha value is -1.95. The van der Waals surface area contributed by atoms with Gasteiger partial charge in [-0.2, -0.15) is 0 Å². The minimum atomic E-state index is -0.0317. The number of amides is 2. The molecular weight excluding hydrogens is 296 g/mol. The van der Waals surface area contributed by atoms with Gasteiger partial charge in [-0.25, -0.2) is 4.79 Å². The third-order valence-corrected chi connectivity index (χ3v) is 5.66. The van der Waals surface area contributed by atoms with Gasteiger partial charge in [0.05, 0.1) is 6.20 Å². The number of rotatable bonds is 2. The summed E-state index contributed by atoms with van der Waals surface area (Å²) in [5.41, 5.74) is 1.64. The zero-order valence-electron chi connectivity index (χ0n) is 12.2. The van der Waals surface area contributed by atoms with E-state index >= 15 is 0 Å². The predicted octanol–water partition coefficient (Wildman–Crippen LogP) is 3.34. The predicted molar refractivity (Wildman–Crippen MR) is 86.0 cm³/mol. The number of carbonyl (C=O) groups excluding carboxylic acids is 1.